The Morgan fingerprint density at radius 2 is 1.94 bits per heavy atom. The first-order valence-electron chi connectivity index (χ1n) is 12.6. The van der Waals surface area contributed by atoms with Gasteiger partial charge in [0.25, 0.3) is 0 Å². The van der Waals surface area contributed by atoms with Gasteiger partial charge in [-0.15, -0.1) is 0 Å². The van der Waals surface area contributed by atoms with Crippen LogP contribution in [0.25, 0.3) is 0 Å². The highest BCUT2D eigenvalue weighted by Crippen LogP contribution is 2.44. The van der Waals surface area contributed by atoms with Crippen LogP contribution in [0.2, 0.25) is 0 Å². The molecule has 0 saturated heterocycles. The van der Waals surface area contributed by atoms with E-state index in [2.05, 4.69) is 83.4 Å². The van der Waals surface area contributed by atoms with Gasteiger partial charge < -0.3 is 9.88 Å². The number of anilines is 1. The fraction of sp³-hybridized carbons (Fsp3) is 0.355. The summed E-state index contributed by atoms with van der Waals surface area (Å²) in [6.45, 7) is 12.1. The third kappa shape index (κ3) is 8.47. The molecule has 0 radical (unpaired) electrons. The van der Waals surface area contributed by atoms with E-state index in [0.717, 1.165) is 27.8 Å². The summed E-state index contributed by atoms with van der Waals surface area (Å²) in [4.78, 5) is 16.4. The molecule has 1 unspecified atom stereocenters. The van der Waals surface area contributed by atoms with Crippen molar-refractivity contribution in [3.05, 3.63) is 105 Å². The van der Waals surface area contributed by atoms with Gasteiger partial charge in [-0.05, 0) is 109 Å². The van der Waals surface area contributed by atoms with Crippen LogP contribution < -0.4 is 5.32 Å². The Bertz CT molecular complexity index is 1180. The van der Waals surface area contributed by atoms with Gasteiger partial charge >= 0.3 is 0 Å². The van der Waals surface area contributed by atoms with Gasteiger partial charge in [0.15, 0.2) is 0 Å². The Morgan fingerprint density at radius 3 is 2.64 bits per heavy atom. The Balaban J connectivity index is 1.61. The molecule has 4 nitrogen and oxygen atoms in total. The van der Waals surface area contributed by atoms with Gasteiger partial charge in [0.05, 0.1) is 6.33 Å². The van der Waals surface area contributed by atoms with Crippen LogP contribution >= 0.6 is 22.6 Å². The number of imidazole rings is 1. The zero-order valence-electron chi connectivity index (χ0n) is 22.1. The van der Waals surface area contributed by atoms with Crippen LogP contribution in [-0.2, 0) is 11.3 Å². The lowest BCUT2D eigenvalue weighted by atomic mass is 9.68. The second kappa shape index (κ2) is 13.0. The van der Waals surface area contributed by atoms with Crippen LogP contribution in [0.1, 0.15) is 53.9 Å². The minimum absolute atomic E-state index is 0.122. The number of carbonyl (C=O) groups excluding carboxylic acids is 1. The van der Waals surface area contributed by atoms with Crippen LogP contribution in [0.15, 0.2) is 102 Å². The second-order valence-electron chi connectivity index (χ2n) is 10.3. The van der Waals surface area contributed by atoms with E-state index in [1.807, 2.05) is 62.1 Å². The predicted octanol–water partition coefficient (Wildman–Crippen LogP) is 8.27. The molecule has 1 N–H and O–H groups in total. The summed E-state index contributed by atoms with van der Waals surface area (Å²) in [5, 5.41) is 2.90. The molecule has 1 heterocycles. The third-order valence-electron chi connectivity index (χ3n) is 6.88. The van der Waals surface area contributed by atoms with E-state index in [-0.39, 0.29) is 11.3 Å². The zero-order chi connectivity index (χ0) is 26.1. The van der Waals surface area contributed by atoms with Crippen molar-refractivity contribution >= 4 is 34.2 Å². The normalized spacial score (nSPS) is 18.9. The summed E-state index contributed by atoms with van der Waals surface area (Å²) in [7, 11) is 0. The summed E-state index contributed by atoms with van der Waals surface area (Å²) in [5.74, 6) is 0.492. The van der Waals surface area contributed by atoms with E-state index >= 15 is 0 Å². The summed E-state index contributed by atoms with van der Waals surface area (Å²) in [6.07, 6.45) is 21.6. The number of aromatic nitrogens is 2. The molecule has 0 spiro atoms. The van der Waals surface area contributed by atoms with Gasteiger partial charge in [-0.1, -0.05) is 55.4 Å². The number of aryl methyl sites for hydroxylation is 1. The number of amides is 1. The largest absolute Gasteiger partial charge is 0.337 e. The monoisotopic (exact) mass is 595 g/mol. The van der Waals surface area contributed by atoms with Gasteiger partial charge in [-0.25, -0.2) is 4.98 Å². The van der Waals surface area contributed by atoms with Crippen molar-refractivity contribution in [2.45, 2.75) is 60.4 Å². The van der Waals surface area contributed by atoms with Gasteiger partial charge in [0, 0.05) is 34.3 Å². The first kappa shape index (κ1) is 27.9. The number of hydrogen-bond acceptors (Lipinski definition) is 2. The molecular formula is C31H38IN3O. The summed E-state index contributed by atoms with van der Waals surface area (Å²) in [5.41, 5.74) is 6.05. The number of rotatable bonds is 9. The maximum Gasteiger partial charge on any atom is 0.248 e. The molecule has 1 aromatic heterocycles. The summed E-state index contributed by atoms with van der Waals surface area (Å²) >= 11 is 2.25. The van der Waals surface area contributed by atoms with Gasteiger partial charge in [-0.2, -0.15) is 0 Å². The molecule has 190 valence electrons. The lowest BCUT2D eigenvalue weighted by Gasteiger charge is -2.37. The molecule has 1 aromatic carbocycles. The molecule has 0 fully saturated rings. The molecule has 1 aliphatic rings. The number of carbonyl (C=O) groups is 1. The molecule has 5 heteroatoms. The van der Waals surface area contributed by atoms with Crippen molar-refractivity contribution < 1.29 is 4.79 Å². The van der Waals surface area contributed by atoms with Crippen LogP contribution in [0.4, 0.5) is 5.69 Å². The standard InChI is InChI=1S/C31H38IN3O/c1-23(7-6-8-24(2)21-30(36)34-28-12-10-27(32)11-13-28)9-14-29-25(3)26(15-17-31(29,4)5)16-19-35-20-18-33-22-35/h6-14,18,20-22,26H,15-17,19H2,1-5H3,(H,34,36)/b8-6+,14-9+,23-7+,24-21+. The van der Waals surface area contributed by atoms with Crippen molar-refractivity contribution in [1.82, 2.24) is 9.55 Å². The minimum Gasteiger partial charge on any atom is -0.337 e. The van der Waals surface area contributed by atoms with E-state index in [9.17, 15) is 4.79 Å². The quantitative estimate of drug-likeness (QED) is 0.180. The average molecular weight is 596 g/mol. The number of nitrogens with one attached hydrogen (secondary N) is 1. The first-order chi connectivity index (χ1) is 17.1. The van der Waals surface area contributed by atoms with E-state index < -0.39 is 0 Å². The first-order valence-corrected chi connectivity index (χ1v) is 13.7. The van der Waals surface area contributed by atoms with Gasteiger partial charge in [0.1, 0.15) is 0 Å². The van der Waals surface area contributed by atoms with Crippen LogP contribution in [-0.4, -0.2) is 15.5 Å². The molecular weight excluding hydrogens is 557 g/mol. The Morgan fingerprint density at radius 1 is 1.19 bits per heavy atom. The molecule has 1 amide bonds. The molecule has 0 saturated carbocycles. The van der Waals surface area contributed by atoms with Crippen molar-refractivity contribution in [2.75, 3.05) is 5.32 Å². The SMILES string of the molecule is CC1=C(/C=C/C(C)=C/C=C/C(C)=C/C(=O)Nc2ccc(I)cc2)C(C)(C)CCC1CCn1ccnc1. The molecule has 1 aliphatic carbocycles. The summed E-state index contributed by atoms with van der Waals surface area (Å²) < 4.78 is 3.31. The average Bonchev–Trinajstić information content (AvgIpc) is 3.33. The van der Waals surface area contributed by atoms with E-state index in [4.69, 9.17) is 0 Å². The molecule has 3 rings (SSSR count). The van der Waals surface area contributed by atoms with E-state index in [1.54, 1.807) is 6.08 Å². The molecule has 0 bridgehead atoms. The maximum absolute atomic E-state index is 12.3. The smallest absolute Gasteiger partial charge is 0.248 e. The highest BCUT2D eigenvalue weighted by molar-refractivity contribution is 14.1. The minimum atomic E-state index is -0.122. The Hall–Kier alpha value is -2.67. The predicted molar refractivity (Wildman–Crippen MR) is 160 cm³/mol. The molecule has 36 heavy (non-hydrogen) atoms. The van der Waals surface area contributed by atoms with Gasteiger partial charge in [0.2, 0.25) is 5.91 Å². The van der Waals surface area contributed by atoms with E-state index in [0.29, 0.717) is 5.92 Å². The second-order valence-corrected chi connectivity index (χ2v) is 11.5. The van der Waals surface area contributed by atoms with Crippen molar-refractivity contribution in [3.8, 4) is 0 Å². The molecule has 2 aromatic rings. The highest BCUT2D eigenvalue weighted by Gasteiger charge is 2.31. The zero-order valence-corrected chi connectivity index (χ0v) is 24.2. The molecule has 1 atom stereocenters. The third-order valence-corrected chi connectivity index (χ3v) is 7.60. The number of benzene rings is 1. The van der Waals surface area contributed by atoms with E-state index in [1.165, 1.54) is 29.6 Å². The van der Waals surface area contributed by atoms with Gasteiger partial charge in [-0.3, -0.25) is 4.79 Å². The number of hydrogen-bond donors (Lipinski definition) is 1. The van der Waals surface area contributed by atoms with Crippen molar-refractivity contribution in [1.29, 1.82) is 0 Å². The Kier molecular flexibility index (Phi) is 10.1. The lowest BCUT2D eigenvalue weighted by molar-refractivity contribution is -0.111. The number of nitrogens with zero attached hydrogens (tertiary/aromatic N) is 2. The van der Waals surface area contributed by atoms with Crippen molar-refractivity contribution in [2.24, 2.45) is 11.3 Å². The molecule has 0 aliphatic heterocycles. The summed E-state index contributed by atoms with van der Waals surface area (Å²) in [6, 6.07) is 7.76. The fourth-order valence-corrected chi connectivity index (χ4v) is 5.03. The Labute approximate surface area is 230 Å². The van der Waals surface area contributed by atoms with Crippen LogP contribution in [0.3, 0.4) is 0 Å². The number of allylic oxidation sites excluding steroid dienone is 9. The topological polar surface area (TPSA) is 46.9 Å². The number of halogens is 1. The fourth-order valence-electron chi connectivity index (χ4n) is 4.67. The van der Waals surface area contributed by atoms with Crippen molar-refractivity contribution in [3.63, 3.8) is 0 Å². The highest BCUT2D eigenvalue weighted by atomic mass is 127. The lowest BCUT2D eigenvalue weighted by Crippen LogP contribution is -2.25. The van der Waals surface area contributed by atoms with Crippen LogP contribution in [0.5, 0.6) is 0 Å². The maximum atomic E-state index is 12.3. The van der Waals surface area contributed by atoms with Crippen LogP contribution in [0, 0.1) is 14.9 Å².